The molecule has 0 fully saturated rings. The van der Waals surface area contributed by atoms with Crippen LogP contribution in [0.1, 0.15) is 18.4 Å². The molecule has 0 saturated heterocycles. The maximum absolute atomic E-state index is 13.3. The summed E-state index contributed by atoms with van der Waals surface area (Å²) < 4.78 is 40.1. The first-order valence-electron chi connectivity index (χ1n) is 8.41. The van der Waals surface area contributed by atoms with Gasteiger partial charge < -0.3 is 4.57 Å². The minimum absolute atomic E-state index is 0.0317. The normalized spacial score (nSPS) is 12.6. The molecule has 0 unspecified atom stereocenters. The number of fused-ring (bicyclic) bond motifs is 1. The molecule has 1 heterocycles. The number of carbonyl (C=O) groups is 1. The van der Waals surface area contributed by atoms with Gasteiger partial charge in [-0.25, -0.2) is 12.8 Å². The van der Waals surface area contributed by atoms with E-state index in [-0.39, 0.29) is 36.1 Å². The lowest BCUT2D eigenvalue weighted by atomic mass is 10.2. The van der Waals surface area contributed by atoms with E-state index >= 15 is 0 Å². The van der Waals surface area contributed by atoms with Crippen molar-refractivity contribution in [2.75, 3.05) is 5.75 Å². The Morgan fingerprint density at radius 1 is 1.19 bits per heavy atom. The highest BCUT2D eigenvalue weighted by Crippen LogP contribution is 2.17. The van der Waals surface area contributed by atoms with Crippen molar-refractivity contribution in [3.63, 3.8) is 0 Å². The van der Waals surface area contributed by atoms with Gasteiger partial charge in [-0.05, 0) is 30.2 Å². The Hall–Kier alpha value is -2.32. The Morgan fingerprint density at radius 3 is 2.67 bits per heavy atom. The van der Waals surface area contributed by atoms with Gasteiger partial charge in [0.05, 0.1) is 21.7 Å². The molecular formula is C19H19FN2O3S2. The van der Waals surface area contributed by atoms with E-state index in [0.29, 0.717) is 9.50 Å². The molecule has 27 heavy (non-hydrogen) atoms. The number of halogens is 1. The van der Waals surface area contributed by atoms with Gasteiger partial charge in [0.2, 0.25) is 5.91 Å². The Morgan fingerprint density at radius 2 is 1.93 bits per heavy atom. The van der Waals surface area contributed by atoms with Gasteiger partial charge in [-0.2, -0.15) is 4.99 Å². The summed E-state index contributed by atoms with van der Waals surface area (Å²) >= 11 is 1.22. The smallest absolute Gasteiger partial charge is 0.248 e. The number of rotatable bonds is 6. The lowest BCUT2D eigenvalue weighted by molar-refractivity contribution is -0.118. The molecule has 142 valence electrons. The van der Waals surface area contributed by atoms with Gasteiger partial charge in [0.15, 0.2) is 14.6 Å². The molecule has 8 heteroatoms. The first kappa shape index (κ1) is 19.4. The second kappa shape index (κ2) is 8.14. The number of hydrogen-bond acceptors (Lipinski definition) is 4. The van der Waals surface area contributed by atoms with Gasteiger partial charge in [0.1, 0.15) is 5.82 Å². The van der Waals surface area contributed by atoms with E-state index in [1.54, 1.807) is 41.9 Å². The molecule has 0 saturated carbocycles. The van der Waals surface area contributed by atoms with Crippen molar-refractivity contribution in [2.45, 2.75) is 18.6 Å². The van der Waals surface area contributed by atoms with Gasteiger partial charge in [0, 0.05) is 13.5 Å². The van der Waals surface area contributed by atoms with E-state index in [1.807, 2.05) is 6.07 Å². The van der Waals surface area contributed by atoms with Crippen molar-refractivity contribution in [1.82, 2.24) is 4.57 Å². The summed E-state index contributed by atoms with van der Waals surface area (Å²) in [5.41, 5.74) is 1.52. The third-order valence-corrected chi connectivity index (χ3v) is 6.85. The van der Waals surface area contributed by atoms with Crippen molar-refractivity contribution >= 4 is 37.3 Å². The fourth-order valence-electron chi connectivity index (χ4n) is 2.72. The van der Waals surface area contributed by atoms with Crippen molar-refractivity contribution in [1.29, 1.82) is 0 Å². The minimum atomic E-state index is -3.27. The van der Waals surface area contributed by atoms with Crippen LogP contribution in [-0.4, -0.2) is 24.6 Å². The zero-order chi connectivity index (χ0) is 19.4. The van der Waals surface area contributed by atoms with Crippen LogP contribution in [0.4, 0.5) is 4.39 Å². The third kappa shape index (κ3) is 5.11. The number of aromatic nitrogens is 1. The van der Waals surface area contributed by atoms with Gasteiger partial charge in [-0.3, -0.25) is 4.79 Å². The van der Waals surface area contributed by atoms with Crippen LogP contribution in [0.2, 0.25) is 0 Å². The molecule has 0 spiro atoms. The predicted octanol–water partition coefficient (Wildman–Crippen LogP) is 3.20. The van der Waals surface area contributed by atoms with E-state index in [1.165, 1.54) is 23.5 Å². The number of aryl methyl sites for hydroxylation is 1. The van der Waals surface area contributed by atoms with Crippen molar-refractivity contribution in [3.05, 3.63) is 64.7 Å². The highest BCUT2D eigenvalue weighted by atomic mass is 32.2. The summed E-state index contributed by atoms with van der Waals surface area (Å²) in [5, 5.41) is 0. The topological polar surface area (TPSA) is 68.5 Å². The first-order chi connectivity index (χ1) is 12.8. The number of amides is 1. The average Bonchev–Trinajstić information content (AvgIpc) is 2.90. The molecule has 1 aromatic heterocycles. The van der Waals surface area contributed by atoms with E-state index in [0.717, 1.165) is 11.1 Å². The van der Waals surface area contributed by atoms with Gasteiger partial charge >= 0.3 is 0 Å². The Labute approximate surface area is 160 Å². The molecular weight excluding hydrogens is 387 g/mol. The van der Waals surface area contributed by atoms with E-state index in [9.17, 15) is 17.6 Å². The standard InChI is InChI=1S/C19H19FN2O3S2/c1-22-16-10-9-15(20)12-17(16)26-19(22)21-18(23)8-5-11-27(24,25)13-14-6-3-2-4-7-14/h2-4,6-7,9-10,12H,5,8,11,13H2,1H3. The van der Waals surface area contributed by atoms with Crippen LogP contribution < -0.4 is 4.80 Å². The number of carbonyl (C=O) groups excluding carboxylic acids is 1. The number of hydrogen-bond donors (Lipinski definition) is 0. The second-order valence-corrected chi connectivity index (χ2v) is 9.44. The Kier molecular flexibility index (Phi) is 5.86. The van der Waals surface area contributed by atoms with Crippen LogP contribution in [0, 0.1) is 5.82 Å². The first-order valence-corrected chi connectivity index (χ1v) is 11.0. The van der Waals surface area contributed by atoms with E-state index in [4.69, 9.17) is 0 Å². The molecule has 5 nitrogen and oxygen atoms in total. The molecule has 2 aromatic carbocycles. The van der Waals surface area contributed by atoms with Crippen molar-refractivity contribution in [3.8, 4) is 0 Å². The minimum Gasteiger partial charge on any atom is -0.319 e. The second-order valence-electron chi connectivity index (χ2n) is 6.24. The molecule has 0 bridgehead atoms. The largest absolute Gasteiger partial charge is 0.319 e. The highest BCUT2D eigenvalue weighted by molar-refractivity contribution is 7.90. The van der Waals surface area contributed by atoms with Gasteiger partial charge in [-0.1, -0.05) is 41.7 Å². The van der Waals surface area contributed by atoms with Crippen LogP contribution in [0.3, 0.4) is 0 Å². The van der Waals surface area contributed by atoms with Crippen LogP contribution in [0.25, 0.3) is 10.2 Å². The number of nitrogens with zero attached hydrogens (tertiary/aromatic N) is 2. The summed E-state index contributed by atoms with van der Waals surface area (Å²) in [4.78, 5) is 16.6. The molecule has 3 aromatic rings. The molecule has 0 radical (unpaired) electrons. The highest BCUT2D eigenvalue weighted by Gasteiger charge is 2.13. The van der Waals surface area contributed by atoms with Crippen LogP contribution >= 0.6 is 11.3 Å². The molecule has 0 aliphatic carbocycles. The van der Waals surface area contributed by atoms with Gasteiger partial charge in [-0.15, -0.1) is 0 Å². The van der Waals surface area contributed by atoms with Gasteiger partial charge in [0.25, 0.3) is 0 Å². The Balaban J connectivity index is 1.63. The fourth-order valence-corrected chi connectivity index (χ4v) is 5.21. The predicted molar refractivity (Wildman–Crippen MR) is 104 cm³/mol. The van der Waals surface area contributed by atoms with Crippen molar-refractivity contribution < 1.29 is 17.6 Å². The maximum Gasteiger partial charge on any atom is 0.248 e. The van der Waals surface area contributed by atoms with E-state index in [2.05, 4.69) is 4.99 Å². The molecule has 0 N–H and O–H groups in total. The lowest BCUT2D eigenvalue weighted by Gasteiger charge is -2.03. The molecule has 0 atom stereocenters. The molecule has 3 rings (SSSR count). The van der Waals surface area contributed by atoms with Crippen LogP contribution in [0.15, 0.2) is 53.5 Å². The van der Waals surface area contributed by atoms with Crippen LogP contribution in [0.5, 0.6) is 0 Å². The van der Waals surface area contributed by atoms with Crippen LogP contribution in [-0.2, 0) is 27.4 Å². The zero-order valence-electron chi connectivity index (χ0n) is 14.8. The lowest BCUT2D eigenvalue weighted by Crippen LogP contribution is -2.14. The summed E-state index contributed by atoms with van der Waals surface area (Å²) in [6, 6.07) is 13.4. The average molecular weight is 407 g/mol. The monoisotopic (exact) mass is 406 g/mol. The third-order valence-electron chi connectivity index (χ3n) is 4.07. The summed E-state index contributed by atoms with van der Waals surface area (Å²) in [6.45, 7) is 0. The Bertz CT molecular complexity index is 1130. The molecule has 0 aliphatic heterocycles. The number of benzene rings is 2. The number of thiazole rings is 1. The maximum atomic E-state index is 13.3. The zero-order valence-corrected chi connectivity index (χ0v) is 16.4. The van der Waals surface area contributed by atoms with E-state index < -0.39 is 9.84 Å². The summed E-state index contributed by atoms with van der Waals surface area (Å²) in [7, 11) is -1.52. The quantitative estimate of drug-likeness (QED) is 0.631. The fraction of sp³-hybridized carbons (Fsp3) is 0.263. The molecule has 1 amide bonds. The summed E-state index contributed by atoms with van der Waals surface area (Å²) in [5.74, 6) is -0.818. The summed E-state index contributed by atoms with van der Waals surface area (Å²) in [6.07, 6.45) is 0.275. The van der Waals surface area contributed by atoms with Crippen molar-refractivity contribution in [2.24, 2.45) is 12.0 Å². The number of sulfone groups is 1. The SMILES string of the molecule is Cn1c(=NC(=O)CCCS(=O)(=O)Cc2ccccc2)sc2cc(F)ccc21. The molecule has 0 aliphatic rings.